The van der Waals surface area contributed by atoms with E-state index in [1.54, 1.807) is 6.92 Å². The maximum atomic E-state index is 13.4. The normalized spacial score (nSPS) is 24.5. The molecule has 7 heteroatoms. The van der Waals surface area contributed by atoms with Crippen molar-refractivity contribution in [2.24, 2.45) is 11.8 Å². The third-order valence-corrected chi connectivity index (χ3v) is 7.07. The van der Waals surface area contributed by atoms with E-state index in [9.17, 15) is 14.9 Å². The largest absolute Gasteiger partial charge is 0.378 e. The van der Waals surface area contributed by atoms with Gasteiger partial charge in [-0.25, -0.2) is 0 Å². The number of nitriles is 1. The molecule has 1 aliphatic carbocycles. The van der Waals surface area contributed by atoms with Crippen LogP contribution in [0.1, 0.15) is 71.1 Å². The number of amides is 2. The molecule has 7 nitrogen and oxygen atoms in total. The maximum absolute atomic E-state index is 13.4. The predicted octanol–water partition coefficient (Wildman–Crippen LogP) is 2.66. The van der Waals surface area contributed by atoms with Gasteiger partial charge in [-0.2, -0.15) is 5.26 Å². The lowest BCUT2D eigenvalue weighted by atomic mass is 9.81. The van der Waals surface area contributed by atoms with Crippen LogP contribution in [-0.2, 0) is 14.3 Å². The van der Waals surface area contributed by atoms with Gasteiger partial charge in [0.25, 0.3) is 0 Å². The number of hydrogen-bond acceptors (Lipinski definition) is 5. The molecule has 2 atom stereocenters. The molecule has 0 aromatic carbocycles. The number of morpholine rings is 1. The molecule has 168 valence electrons. The van der Waals surface area contributed by atoms with Gasteiger partial charge in [0.05, 0.1) is 13.2 Å². The standard InChI is InChI=1S/C23H38N4O3/c1-23(18-24,27-10-6-3-7-11-27)25-22(29)20(16-19-8-4-2-5-9-19)17-21(28)26-12-14-30-15-13-26/h19-20H,2-17H2,1H3,(H,25,29). The first-order valence-corrected chi connectivity index (χ1v) is 11.9. The van der Waals surface area contributed by atoms with Crippen molar-refractivity contribution in [3.05, 3.63) is 0 Å². The number of nitrogens with one attached hydrogen (secondary N) is 1. The van der Waals surface area contributed by atoms with E-state index in [2.05, 4.69) is 16.3 Å². The zero-order chi connectivity index (χ0) is 21.4. The Labute approximate surface area is 181 Å². The van der Waals surface area contributed by atoms with E-state index in [0.717, 1.165) is 45.2 Å². The van der Waals surface area contributed by atoms with Gasteiger partial charge in [0.15, 0.2) is 5.66 Å². The van der Waals surface area contributed by atoms with Gasteiger partial charge >= 0.3 is 0 Å². The molecule has 2 aliphatic heterocycles. The number of hydrogen-bond donors (Lipinski definition) is 1. The third-order valence-electron chi connectivity index (χ3n) is 7.07. The van der Waals surface area contributed by atoms with Crippen LogP contribution in [0.5, 0.6) is 0 Å². The van der Waals surface area contributed by atoms with Crippen LogP contribution in [0.3, 0.4) is 0 Å². The maximum Gasteiger partial charge on any atom is 0.225 e. The van der Waals surface area contributed by atoms with Gasteiger partial charge in [-0.05, 0) is 32.1 Å². The second kappa shape index (κ2) is 11.1. The number of piperidine rings is 1. The van der Waals surface area contributed by atoms with E-state index in [4.69, 9.17) is 4.74 Å². The molecule has 30 heavy (non-hydrogen) atoms. The summed E-state index contributed by atoms with van der Waals surface area (Å²) in [5.41, 5.74) is -1.01. The molecule has 3 aliphatic rings. The van der Waals surface area contributed by atoms with Crippen molar-refractivity contribution in [1.82, 2.24) is 15.1 Å². The summed E-state index contributed by atoms with van der Waals surface area (Å²) >= 11 is 0. The molecule has 0 spiro atoms. The van der Waals surface area contributed by atoms with Crippen LogP contribution in [0, 0.1) is 23.2 Å². The highest BCUT2D eigenvalue weighted by atomic mass is 16.5. The van der Waals surface area contributed by atoms with Gasteiger partial charge in [0, 0.05) is 38.5 Å². The van der Waals surface area contributed by atoms with Crippen LogP contribution >= 0.6 is 0 Å². The van der Waals surface area contributed by atoms with Crippen LogP contribution in [-0.4, -0.2) is 66.7 Å². The second-order valence-electron chi connectivity index (χ2n) is 9.35. The Bertz CT molecular complexity index is 616. The lowest BCUT2D eigenvalue weighted by molar-refractivity contribution is -0.140. The zero-order valence-electron chi connectivity index (χ0n) is 18.5. The fourth-order valence-corrected chi connectivity index (χ4v) is 5.12. The van der Waals surface area contributed by atoms with Crippen LogP contribution in [0.25, 0.3) is 0 Å². The monoisotopic (exact) mass is 418 g/mol. The molecule has 0 bridgehead atoms. The number of carbonyl (C=O) groups is 2. The fraction of sp³-hybridized carbons (Fsp3) is 0.870. The van der Waals surface area contributed by atoms with E-state index in [1.165, 1.54) is 25.7 Å². The molecule has 1 saturated carbocycles. The summed E-state index contributed by atoms with van der Waals surface area (Å²) < 4.78 is 5.36. The van der Waals surface area contributed by atoms with E-state index in [0.29, 0.717) is 32.2 Å². The van der Waals surface area contributed by atoms with Crippen molar-refractivity contribution in [2.75, 3.05) is 39.4 Å². The Hall–Kier alpha value is -1.65. The van der Waals surface area contributed by atoms with Gasteiger partial charge in [0.1, 0.15) is 6.07 Å². The number of likely N-dealkylation sites (tertiary alicyclic amines) is 1. The lowest BCUT2D eigenvalue weighted by Gasteiger charge is -2.40. The number of nitrogens with zero attached hydrogens (tertiary/aromatic N) is 3. The van der Waals surface area contributed by atoms with E-state index in [-0.39, 0.29) is 24.2 Å². The summed E-state index contributed by atoms with van der Waals surface area (Å²) in [7, 11) is 0. The molecular weight excluding hydrogens is 380 g/mol. The Balaban J connectivity index is 1.67. The van der Waals surface area contributed by atoms with Crippen molar-refractivity contribution in [1.29, 1.82) is 5.26 Å². The van der Waals surface area contributed by atoms with E-state index < -0.39 is 5.66 Å². The summed E-state index contributed by atoms with van der Waals surface area (Å²) in [5, 5.41) is 12.9. The minimum Gasteiger partial charge on any atom is -0.378 e. The second-order valence-corrected chi connectivity index (χ2v) is 9.35. The number of rotatable bonds is 7. The smallest absolute Gasteiger partial charge is 0.225 e. The van der Waals surface area contributed by atoms with Gasteiger partial charge < -0.3 is 15.0 Å². The average molecular weight is 419 g/mol. The molecule has 3 rings (SSSR count). The lowest BCUT2D eigenvalue weighted by Crippen LogP contribution is -2.60. The molecule has 0 aromatic rings. The molecule has 2 heterocycles. The SMILES string of the molecule is CC(C#N)(NC(=O)C(CC(=O)N1CCOCC1)CC1CCCCC1)N1CCCCC1. The Morgan fingerprint density at radius 3 is 2.33 bits per heavy atom. The number of carbonyl (C=O) groups excluding carboxylic acids is 2. The van der Waals surface area contributed by atoms with Crippen molar-refractivity contribution >= 4 is 11.8 Å². The first-order chi connectivity index (χ1) is 14.5. The molecule has 3 fully saturated rings. The molecule has 0 aromatic heterocycles. The highest BCUT2D eigenvalue weighted by molar-refractivity contribution is 5.86. The molecule has 2 unspecified atom stereocenters. The van der Waals surface area contributed by atoms with Crippen LogP contribution in [0.4, 0.5) is 0 Å². The number of ether oxygens (including phenoxy) is 1. The quantitative estimate of drug-likeness (QED) is 0.687. The summed E-state index contributed by atoms with van der Waals surface area (Å²) in [4.78, 5) is 30.2. The van der Waals surface area contributed by atoms with Crippen molar-refractivity contribution in [3.8, 4) is 6.07 Å². The van der Waals surface area contributed by atoms with E-state index in [1.807, 2.05) is 4.90 Å². The molecule has 1 N–H and O–H groups in total. The molecule has 2 saturated heterocycles. The van der Waals surface area contributed by atoms with E-state index >= 15 is 0 Å². The first-order valence-electron chi connectivity index (χ1n) is 11.9. The minimum atomic E-state index is -1.01. The molecule has 0 radical (unpaired) electrons. The summed E-state index contributed by atoms with van der Waals surface area (Å²) in [5.74, 6) is 0.0129. The van der Waals surface area contributed by atoms with Crippen LogP contribution < -0.4 is 5.32 Å². The predicted molar refractivity (Wildman–Crippen MR) is 114 cm³/mol. The highest BCUT2D eigenvalue weighted by Gasteiger charge is 2.37. The first kappa shape index (κ1) is 23.0. The molecular formula is C23H38N4O3. The zero-order valence-corrected chi connectivity index (χ0v) is 18.5. The Morgan fingerprint density at radius 2 is 1.70 bits per heavy atom. The fourth-order valence-electron chi connectivity index (χ4n) is 5.12. The van der Waals surface area contributed by atoms with Crippen molar-refractivity contribution in [2.45, 2.75) is 76.8 Å². The van der Waals surface area contributed by atoms with Crippen LogP contribution in [0.15, 0.2) is 0 Å². The van der Waals surface area contributed by atoms with Crippen molar-refractivity contribution in [3.63, 3.8) is 0 Å². The van der Waals surface area contributed by atoms with Gasteiger partial charge in [-0.1, -0.05) is 38.5 Å². The highest BCUT2D eigenvalue weighted by Crippen LogP contribution is 2.31. The van der Waals surface area contributed by atoms with Gasteiger partial charge in [-0.3, -0.25) is 14.5 Å². The summed E-state index contributed by atoms with van der Waals surface area (Å²) in [6.45, 7) is 5.77. The van der Waals surface area contributed by atoms with Crippen LogP contribution in [0.2, 0.25) is 0 Å². The summed E-state index contributed by atoms with van der Waals surface area (Å²) in [6, 6.07) is 2.34. The summed E-state index contributed by atoms with van der Waals surface area (Å²) in [6.07, 6.45) is 10.2. The Kier molecular flexibility index (Phi) is 8.52. The topological polar surface area (TPSA) is 85.7 Å². The van der Waals surface area contributed by atoms with Gasteiger partial charge in [-0.15, -0.1) is 0 Å². The Morgan fingerprint density at radius 1 is 1.07 bits per heavy atom. The molecule has 2 amide bonds. The van der Waals surface area contributed by atoms with Crippen molar-refractivity contribution < 1.29 is 14.3 Å². The third kappa shape index (κ3) is 6.18. The van der Waals surface area contributed by atoms with Gasteiger partial charge in [0.2, 0.25) is 11.8 Å². The average Bonchev–Trinajstić information content (AvgIpc) is 2.80. The minimum absolute atomic E-state index is 0.0332.